The minimum Gasteiger partial charge on any atom is -0.310 e. The molecule has 1 atom stereocenters. The first-order chi connectivity index (χ1) is 9.83. The maximum atomic E-state index is 4.22. The Bertz CT molecular complexity index is 473. The van der Waals surface area contributed by atoms with Crippen LogP contribution in [-0.2, 0) is 13.0 Å². The van der Waals surface area contributed by atoms with E-state index in [1.807, 2.05) is 23.1 Å². The predicted octanol–water partition coefficient (Wildman–Crippen LogP) is 3.58. The SMILES string of the molecule is CCc1ccc(C(CC)NCCCn2cccn2)cc1. The zero-order valence-electron chi connectivity index (χ0n) is 12.5. The van der Waals surface area contributed by atoms with Crippen LogP contribution >= 0.6 is 0 Å². The molecule has 20 heavy (non-hydrogen) atoms. The molecule has 0 radical (unpaired) electrons. The minimum atomic E-state index is 0.457. The standard InChI is InChI=1S/C17H25N3/c1-3-15-7-9-16(10-8-15)17(4-2)18-11-5-13-20-14-6-12-19-20/h6-10,12,14,17-18H,3-5,11,13H2,1-2H3. The van der Waals surface area contributed by atoms with Crippen molar-refractivity contribution >= 4 is 0 Å². The number of nitrogens with one attached hydrogen (secondary N) is 1. The third kappa shape index (κ3) is 4.20. The summed E-state index contributed by atoms with van der Waals surface area (Å²) >= 11 is 0. The first kappa shape index (κ1) is 14.8. The number of aromatic nitrogens is 2. The number of rotatable bonds is 8. The van der Waals surface area contributed by atoms with E-state index < -0.39 is 0 Å². The van der Waals surface area contributed by atoms with Crippen molar-refractivity contribution in [1.82, 2.24) is 15.1 Å². The Morgan fingerprint density at radius 2 is 2.00 bits per heavy atom. The maximum Gasteiger partial charge on any atom is 0.0489 e. The molecule has 0 aliphatic carbocycles. The second-order valence-electron chi connectivity index (χ2n) is 5.13. The van der Waals surface area contributed by atoms with Crippen molar-refractivity contribution in [1.29, 1.82) is 0 Å². The lowest BCUT2D eigenvalue weighted by atomic mass is 10.0. The molecule has 0 spiro atoms. The van der Waals surface area contributed by atoms with Crippen molar-refractivity contribution in [2.75, 3.05) is 6.54 Å². The fraction of sp³-hybridized carbons (Fsp3) is 0.471. The van der Waals surface area contributed by atoms with Crippen molar-refractivity contribution in [3.63, 3.8) is 0 Å². The smallest absolute Gasteiger partial charge is 0.0489 e. The maximum absolute atomic E-state index is 4.22. The molecule has 1 aromatic heterocycles. The van der Waals surface area contributed by atoms with Crippen molar-refractivity contribution in [3.05, 3.63) is 53.9 Å². The highest BCUT2D eigenvalue weighted by Gasteiger charge is 2.07. The van der Waals surface area contributed by atoms with Crippen LogP contribution in [0.5, 0.6) is 0 Å². The van der Waals surface area contributed by atoms with Gasteiger partial charge >= 0.3 is 0 Å². The Morgan fingerprint density at radius 3 is 2.60 bits per heavy atom. The molecule has 1 aromatic carbocycles. The third-order valence-electron chi connectivity index (χ3n) is 3.71. The van der Waals surface area contributed by atoms with E-state index in [2.05, 4.69) is 48.5 Å². The summed E-state index contributed by atoms with van der Waals surface area (Å²) in [6.07, 6.45) is 7.17. The zero-order valence-corrected chi connectivity index (χ0v) is 12.5. The van der Waals surface area contributed by atoms with Gasteiger partial charge in [0.05, 0.1) is 0 Å². The average Bonchev–Trinajstić information content (AvgIpc) is 3.01. The topological polar surface area (TPSA) is 29.9 Å². The summed E-state index contributed by atoms with van der Waals surface area (Å²) in [5.41, 5.74) is 2.80. The molecule has 0 bridgehead atoms. The van der Waals surface area contributed by atoms with Gasteiger partial charge in [-0.15, -0.1) is 0 Å². The first-order valence-corrected chi connectivity index (χ1v) is 7.63. The van der Waals surface area contributed by atoms with E-state index in [4.69, 9.17) is 0 Å². The van der Waals surface area contributed by atoms with Crippen LogP contribution < -0.4 is 5.32 Å². The number of benzene rings is 1. The second kappa shape index (κ2) is 7.85. The van der Waals surface area contributed by atoms with Gasteiger partial charge < -0.3 is 5.32 Å². The molecule has 1 unspecified atom stereocenters. The molecule has 1 heterocycles. The Labute approximate surface area is 122 Å². The molecule has 0 aliphatic rings. The summed E-state index contributed by atoms with van der Waals surface area (Å²) in [4.78, 5) is 0. The van der Waals surface area contributed by atoms with Crippen LogP contribution in [0.1, 0.15) is 43.9 Å². The Balaban J connectivity index is 1.79. The molecule has 2 rings (SSSR count). The molecule has 1 N–H and O–H groups in total. The monoisotopic (exact) mass is 271 g/mol. The molecule has 0 amide bonds. The van der Waals surface area contributed by atoms with E-state index in [9.17, 15) is 0 Å². The Kier molecular flexibility index (Phi) is 5.81. The number of hydrogen-bond donors (Lipinski definition) is 1. The van der Waals surface area contributed by atoms with Gasteiger partial charge in [0, 0.05) is 25.0 Å². The second-order valence-corrected chi connectivity index (χ2v) is 5.13. The predicted molar refractivity (Wildman–Crippen MR) is 83.7 cm³/mol. The molecule has 3 heteroatoms. The van der Waals surface area contributed by atoms with E-state index in [-0.39, 0.29) is 0 Å². The van der Waals surface area contributed by atoms with Crippen molar-refractivity contribution in [3.8, 4) is 0 Å². The third-order valence-corrected chi connectivity index (χ3v) is 3.71. The molecule has 0 saturated heterocycles. The molecule has 3 nitrogen and oxygen atoms in total. The molecule has 108 valence electrons. The average molecular weight is 271 g/mol. The van der Waals surface area contributed by atoms with Gasteiger partial charge in [0.15, 0.2) is 0 Å². The minimum absolute atomic E-state index is 0.457. The summed E-state index contributed by atoms with van der Waals surface area (Å²) in [5.74, 6) is 0. The van der Waals surface area contributed by atoms with Gasteiger partial charge in [0.2, 0.25) is 0 Å². The highest BCUT2D eigenvalue weighted by atomic mass is 15.3. The van der Waals surface area contributed by atoms with Crippen molar-refractivity contribution in [2.24, 2.45) is 0 Å². The van der Waals surface area contributed by atoms with Crippen LogP contribution in [0.15, 0.2) is 42.7 Å². The molecule has 0 fully saturated rings. The summed E-state index contributed by atoms with van der Waals surface area (Å²) in [5, 5.41) is 7.86. The van der Waals surface area contributed by atoms with Gasteiger partial charge in [-0.25, -0.2) is 0 Å². The summed E-state index contributed by atoms with van der Waals surface area (Å²) in [7, 11) is 0. The molecule has 0 aliphatic heterocycles. The lowest BCUT2D eigenvalue weighted by molar-refractivity contribution is 0.479. The Hall–Kier alpha value is -1.61. The largest absolute Gasteiger partial charge is 0.310 e. The summed E-state index contributed by atoms with van der Waals surface area (Å²) in [6, 6.07) is 11.4. The molecule has 0 saturated carbocycles. The van der Waals surface area contributed by atoms with Gasteiger partial charge in [-0.3, -0.25) is 4.68 Å². The van der Waals surface area contributed by atoms with Gasteiger partial charge in [-0.1, -0.05) is 38.1 Å². The van der Waals surface area contributed by atoms with Crippen LogP contribution in [0.3, 0.4) is 0 Å². The van der Waals surface area contributed by atoms with Gasteiger partial charge in [0.25, 0.3) is 0 Å². The van der Waals surface area contributed by atoms with Crippen molar-refractivity contribution in [2.45, 2.75) is 45.7 Å². The quantitative estimate of drug-likeness (QED) is 0.744. The van der Waals surface area contributed by atoms with E-state index in [1.165, 1.54) is 11.1 Å². The normalized spacial score (nSPS) is 12.5. The summed E-state index contributed by atoms with van der Waals surface area (Å²) in [6.45, 7) is 6.43. The van der Waals surface area contributed by atoms with Gasteiger partial charge in [-0.2, -0.15) is 5.10 Å². The van der Waals surface area contributed by atoms with E-state index in [1.54, 1.807) is 0 Å². The molecular formula is C17H25N3. The van der Waals surface area contributed by atoms with E-state index >= 15 is 0 Å². The van der Waals surface area contributed by atoms with Gasteiger partial charge in [-0.05, 0) is 43.0 Å². The number of nitrogens with zero attached hydrogens (tertiary/aromatic N) is 2. The van der Waals surface area contributed by atoms with E-state index in [0.29, 0.717) is 6.04 Å². The lowest BCUT2D eigenvalue weighted by Gasteiger charge is -2.18. The fourth-order valence-corrected chi connectivity index (χ4v) is 2.43. The van der Waals surface area contributed by atoms with Gasteiger partial charge in [0.1, 0.15) is 0 Å². The summed E-state index contributed by atoms with van der Waals surface area (Å²) < 4.78 is 1.98. The van der Waals surface area contributed by atoms with Crippen LogP contribution in [0.2, 0.25) is 0 Å². The van der Waals surface area contributed by atoms with Crippen LogP contribution in [-0.4, -0.2) is 16.3 Å². The highest BCUT2D eigenvalue weighted by molar-refractivity contribution is 5.24. The number of aryl methyl sites for hydroxylation is 2. The van der Waals surface area contributed by atoms with Crippen LogP contribution in [0, 0.1) is 0 Å². The van der Waals surface area contributed by atoms with E-state index in [0.717, 1.165) is 32.4 Å². The first-order valence-electron chi connectivity index (χ1n) is 7.63. The molecule has 2 aromatic rings. The molecular weight excluding hydrogens is 246 g/mol. The number of hydrogen-bond acceptors (Lipinski definition) is 2. The fourth-order valence-electron chi connectivity index (χ4n) is 2.43. The zero-order chi connectivity index (χ0) is 14.2. The van der Waals surface area contributed by atoms with Crippen molar-refractivity contribution < 1.29 is 0 Å². The lowest BCUT2D eigenvalue weighted by Crippen LogP contribution is -2.23. The van der Waals surface area contributed by atoms with Crippen LogP contribution in [0.25, 0.3) is 0 Å². The van der Waals surface area contributed by atoms with Crippen LogP contribution in [0.4, 0.5) is 0 Å². The Morgan fingerprint density at radius 1 is 1.20 bits per heavy atom. The highest BCUT2D eigenvalue weighted by Crippen LogP contribution is 2.17.